The van der Waals surface area contributed by atoms with Crippen LogP contribution in [0.25, 0.3) is 0 Å². The third kappa shape index (κ3) is 42.4. The first kappa shape index (κ1) is 52.4. The van der Waals surface area contributed by atoms with Crippen LogP contribution in [0.2, 0.25) is 0 Å². The van der Waals surface area contributed by atoms with E-state index in [-0.39, 0.29) is 31.1 Å². The fourth-order valence-electron chi connectivity index (χ4n) is 6.24. The number of hydrogen-bond acceptors (Lipinski definition) is 6. The molecule has 0 fully saturated rings. The lowest BCUT2D eigenvalue weighted by atomic mass is 10.1. The molecule has 0 bridgehead atoms. The summed E-state index contributed by atoms with van der Waals surface area (Å²) in [6, 6.07) is 0. The quantitative estimate of drug-likeness (QED) is 0.0267. The van der Waals surface area contributed by atoms with Crippen LogP contribution < -0.4 is 0 Å². The SMILES string of the molecule is CCC/C=C\CCCCCCCC(=O)OCC(COC(=O)CCCCCCCCC/C=C\C/C=C\CCCCC)OC(=O)CCCCCCC/C=C\CCC. The number of unbranched alkanes of at least 4 members (excludes halogenated alkanes) is 22. The number of hydrogen-bond donors (Lipinski definition) is 0. The standard InChI is InChI=1S/C49H86O6/c1-4-7-10-13-16-19-22-23-24-25-26-27-28-31-33-36-39-42-48(51)54-45-46(55-49(52)43-40-37-34-30-21-18-15-12-9-6-3)44-53-47(50)41-38-35-32-29-20-17-14-11-8-5-2/h11-12,14-16,19,23-24,46H,4-10,13,17-18,20-22,25-45H2,1-3H3/b14-11-,15-12-,19-16-,24-23-. The summed E-state index contributed by atoms with van der Waals surface area (Å²) < 4.78 is 16.7. The lowest BCUT2D eigenvalue weighted by molar-refractivity contribution is -0.167. The largest absolute Gasteiger partial charge is 0.462 e. The van der Waals surface area contributed by atoms with Crippen molar-refractivity contribution < 1.29 is 28.6 Å². The van der Waals surface area contributed by atoms with Gasteiger partial charge < -0.3 is 14.2 Å². The average Bonchev–Trinajstić information content (AvgIpc) is 3.18. The van der Waals surface area contributed by atoms with Crippen LogP contribution in [0.4, 0.5) is 0 Å². The van der Waals surface area contributed by atoms with E-state index in [2.05, 4.69) is 69.4 Å². The Kier molecular flexibility index (Phi) is 42.0. The fourth-order valence-corrected chi connectivity index (χ4v) is 6.24. The summed E-state index contributed by atoms with van der Waals surface area (Å²) in [4.78, 5) is 37.7. The molecule has 0 aliphatic heterocycles. The summed E-state index contributed by atoms with van der Waals surface area (Å²) in [6.45, 7) is 6.46. The molecule has 0 aromatic rings. The van der Waals surface area contributed by atoms with Gasteiger partial charge in [-0.15, -0.1) is 0 Å². The van der Waals surface area contributed by atoms with Crippen LogP contribution in [0, 0.1) is 0 Å². The van der Waals surface area contributed by atoms with Gasteiger partial charge in [0.05, 0.1) is 0 Å². The minimum Gasteiger partial charge on any atom is -0.462 e. The van der Waals surface area contributed by atoms with E-state index in [1.54, 1.807) is 0 Å². The molecule has 0 N–H and O–H groups in total. The third-order valence-electron chi connectivity index (χ3n) is 9.74. The Labute approximate surface area is 339 Å². The highest BCUT2D eigenvalue weighted by Gasteiger charge is 2.19. The number of esters is 3. The topological polar surface area (TPSA) is 78.9 Å². The average molecular weight is 771 g/mol. The molecule has 318 valence electrons. The van der Waals surface area contributed by atoms with E-state index in [1.165, 1.54) is 83.5 Å². The first-order valence-electron chi connectivity index (χ1n) is 23.1. The van der Waals surface area contributed by atoms with Crippen molar-refractivity contribution in [3.05, 3.63) is 48.6 Å². The number of rotatable bonds is 41. The van der Waals surface area contributed by atoms with Crippen LogP contribution in [-0.2, 0) is 28.6 Å². The van der Waals surface area contributed by atoms with Crippen LogP contribution in [0.15, 0.2) is 48.6 Å². The van der Waals surface area contributed by atoms with Crippen molar-refractivity contribution in [2.24, 2.45) is 0 Å². The van der Waals surface area contributed by atoms with Gasteiger partial charge in [-0.3, -0.25) is 14.4 Å². The Morgan fingerprint density at radius 1 is 0.364 bits per heavy atom. The molecule has 0 radical (unpaired) electrons. The molecule has 6 nitrogen and oxygen atoms in total. The maximum absolute atomic E-state index is 12.7. The fraction of sp³-hybridized carbons (Fsp3) is 0.776. The van der Waals surface area contributed by atoms with E-state index >= 15 is 0 Å². The Morgan fingerprint density at radius 2 is 0.691 bits per heavy atom. The van der Waals surface area contributed by atoms with E-state index in [9.17, 15) is 14.4 Å². The molecule has 0 heterocycles. The number of carbonyl (C=O) groups is 3. The number of carbonyl (C=O) groups excluding carboxylic acids is 3. The van der Waals surface area contributed by atoms with Crippen molar-refractivity contribution in [2.45, 2.75) is 232 Å². The summed E-state index contributed by atoms with van der Waals surface area (Å²) in [5.41, 5.74) is 0. The first-order valence-corrected chi connectivity index (χ1v) is 23.1. The predicted octanol–water partition coefficient (Wildman–Crippen LogP) is 14.8. The van der Waals surface area contributed by atoms with Crippen molar-refractivity contribution in [2.75, 3.05) is 13.2 Å². The molecule has 0 saturated heterocycles. The van der Waals surface area contributed by atoms with Gasteiger partial charge in [-0.25, -0.2) is 0 Å². The summed E-state index contributed by atoms with van der Waals surface area (Å²) in [6.07, 6.45) is 51.0. The van der Waals surface area contributed by atoms with E-state index in [4.69, 9.17) is 14.2 Å². The second kappa shape index (κ2) is 44.1. The van der Waals surface area contributed by atoms with Crippen molar-refractivity contribution in [1.82, 2.24) is 0 Å². The van der Waals surface area contributed by atoms with Crippen LogP contribution >= 0.6 is 0 Å². The Bertz CT molecular complexity index is 980. The lowest BCUT2D eigenvalue weighted by Gasteiger charge is -2.18. The van der Waals surface area contributed by atoms with Crippen LogP contribution in [0.3, 0.4) is 0 Å². The zero-order chi connectivity index (χ0) is 40.1. The van der Waals surface area contributed by atoms with Crippen LogP contribution in [0.1, 0.15) is 226 Å². The van der Waals surface area contributed by atoms with Crippen molar-refractivity contribution in [3.8, 4) is 0 Å². The Balaban J connectivity index is 4.33. The molecular weight excluding hydrogens is 685 g/mol. The monoisotopic (exact) mass is 771 g/mol. The highest BCUT2D eigenvalue weighted by atomic mass is 16.6. The maximum Gasteiger partial charge on any atom is 0.306 e. The van der Waals surface area contributed by atoms with E-state index in [0.717, 1.165) is 103 Å². The summed E-state index contributed by atoms with van der Waals surface area (Å²) in [5.74, 6) is -0.914. The minimum atomic E-state index is -0.780. The summed E-state index contributed by atoms with van der Waals surface area (Å²) in [7, 11) is 0. The molecule has 0 aromatic carbocycles. The van der Waals surface area contributed by atoms with Crippen molar-refractivity contribution in [1.29, 1.82) is 0 Å². The minimum absolute atomic E-state index is 0.0835. The van der Waals surface area contributed by atoms with Gasteiger partial charge in [-0.2, -0.15) is 0 Å². The van der Waals surface area contributed by atoms with Crippen molar-refractivity contribution in [3.63, 3.8) is 0 Å². The van der Waals surface area contributed by atoms with Crippen LogP contribution in [0.5, 0.6) is 0 Å². The molecule has 0 rings (SSSR count). The zero-order valence-electron chi connectivity index (χ0n) is 36.2. The van der Waals surface area contributed by atoms with Gasteiger partial charge >= 0.3 is 17.9 Å². The number of allylic oxidation sites excluding steroid dienone is 8. The van der Waals surface area contributed by atoms with Gasteiger partial charge in [-0.1, -0.05) is 166 Å². The van der Waals surface area contributed by atoms with Gasteiger partial charge in [0, 0.05) is 19.3 Å². The van der Waals surface area contributed by atoms with Gasteiger partial charge in [0.25, 0.3) is 0 Å². The molecule has 0 aliphatic carbocycles. The molecule has 1 unspecified atom stereocenters. The molecule has 0 spiro atoms. The molecule has 1 atom stereocenters. The van der Waals surface area contributed by atoms with Crippen LogP contribution in [-0.4, -0.2) is 37.2 Å². The maximum atomic E-state index is 12.7. The van der Waals surface area contributed by atoms with E-state index in [0.29, 0.717) is 19.3 Å². The smallest absolute Gasteiger partial charge is 0.306 e. The third-order valence-corrected chi connectivity index (χ3v) is 9.74. The second-order valence-corrected chi connectivity index (χ2v) is 15.3. The molecule has 0 aromatic heterocycles. The van der Waals surface area contributed by atoms with Gasteiger partial charge in [0.15, 0.2) is 6.10 Å². The first-order chi connectivity index (χ1) is 27.0. The van der Waals surface area contributed by atoms with Gasteiger partial charge in [0.1, 0.15) is 13.2 Å². The molecule has 0 saturated carbocycles. The molecule has 0 amide bonds. The highest BCUT2D eigenvalue weighted by Crippen LogP contribution is 2.13. The van der Waals surface area contributed by atoms with E-state index < -0.39 is 6.10 Å². The second-order valence-electron chi connectivity index (χ2n) is 15.3. The molecule has 55 heavy (non-hydrogen) atoms. The molecule has 0 aliphatic rings. The molecule has 6 heteroatoms. The van der Waals surface area contributed by atoms with E-state index in [1.807, 2.05) is 0 Å². The van der Waals surface area contributed by atoms with Gasteiger partial charge in [-0.05, 0) is 89.9 Å². The Morgan fingerprint density at radius 3 is 1.09 bits per heavy atom. The highest BCUT2D eigenvalue weighted by molar-refractivity contribution is 5.71. The summed E-state index contributed by atoms with van der Waals surface area (Å²) >= 11 is 0. The number of ether oxygens (including phenoxy) is 3. The normalized spacial score (nSPS) is 12.4. The zero-order valence-corrected chi connectivity index (χ0v) is 36.2. The van der Waals surface area contributed by atoms with Gasteiger partial charge in [0.2, 0.25) is 0 Å². The van der Waals surface area contributed by atoms with Crippen molar-refractivity contribution >= 4 is 17.9 Å². The lowest BCUT2D eigenvalue weighted by Crippen LogP contribution is -2.30. The Hall–Kier alpha value is -2.63. The predicted molar refractivity (Wildman–Crippen MR) is 233 cm³/mol. The molecular formula is C49H86O6. The summed E-state index contributed by atoms with van der Waals surface area (Å²) in [5, 5.41) is 0.